The van der Waals surface area contributed by atoms with Crippen molar-refractivity contribution in [2.24, 2.45) is 0 Å². The minimum Gasteiger partial charge on any atom is -0.361 e. The third-order valence-electron chi connectivity index (χ3n) is 4.43. The minimum absolute atomic E-state index is 0.0695. The van der Waals surface area contributed by atoms with E-state index in [1.807, 2.05) is 17.9 Å². The van der Waals surface area contributed by atoms with Crippen molar-refractivity contribution in [1.29, 1.82) is 0 Å². The summed E-state index contributed by atoms with van der Waals surface area (Å²) in [6.45, 7) is 2.70. The van der Waals surface area contributed by atoms with Gasteiger partial charge in [0.15, 0.2) is 0 Å². The Morgan fingerprint density at radius 3 is 2.80 bits per heavy atom. The van der Waals surface area contributed by atoms with E-state index in [4.69, 9.17) is 4.52 Å². The smallest absolute Gasteiger partial charge is 0.318 e. The van der Waals surface area contributed by atoms with Gasteiger partial charge in [-0.1, -0.05) is 24.4 Å². The molecule has 1 saturated heterocycles. The zero-order chi connectivity index (χ0) is 13.9. The second kappa shape index (κ2) is 5.85. The molecule has 2 fully saturated rings. The first-order valence-electron chi connectivity index (χ1n) is 7.74. The second-order valence-electron chi connectivity index (χ2n) is 6.00. The molecule has 5 nitrogen and oxygen atoms in total. The van der Waals surface area contributed by atoms with Gasteiger partial charge in [-0.2, -0.15) is 0 Å². The van der Waals surface area contributed by atoms with E-state index >= 15 is 0 Å². The van der Waals surface area contributed by atoms with Gasteiger partial charge in [0.2, 0.25) is 0 Å². The van der Waals surface area contributed by atoms with E-state index < -0.39 is 0 Å². The Balaban J connectivity index is 1.63. The van der Waals surface area contributed by atoms with E-state index in [9.17, 15) is 4.79 Å². The summed E-state index contributed by atoms with van der Waals surface area (Å²) in [4.78, 5) is 14.4. The number of aryl methyl sites for hydroxylation is 1. The number of amides is 2. The number of urea groups is 1. The molecule has 0 bridgehead atoms. The molecule has 0 aromatic carbocycles. The van der Waals surface area contributed by atoms with Crippen molar-refractivity contribution >= 4 is 6.03 Å². The third kappa shape index (κ3) is 2.81. The van der Waals surface area contributed by atoms with E-state index in [1.54, 1.807) is 0 Å². The van der Waals surface area contributed by atoms with Crippen molar-refractivity contribution in [3.63, 3.8) is 0 Å². The Morgan fingerprint density at radius 1 is 1.30 bits per heavy atom. The lowest BCUT2D eigenvalue weighted by Crippen LogP contribution is -2.45. The molecule has 1 saturated carbocycles. The lowest BCUT2D eigenvalue weighted by molar-refractivity contribution is 0.183. The fourth-order valence-electron chi connectivity index (χ4n) is 3.36. The number of aromatic nitrogens is 1. The van der Waals surface area contributed by atoms with Crippen LogP contribution in [-0.4, -0.2) is 28.7 Å². The number of rotatable bonds is 2. The number of hydrogen-bond donors (Lipinski definition) is 1. The summed E-state index contributed by atoms with van der Waals surface area (Å²) in [5, 5.41) is 7.28. The number of nitrogens with zero attached hydrogens (tertiary/aromatic N) is 2. The zero-order valence-electron chi connectivity index (χ0n) is 12.1. The average Bonchev–Trinajstić information content (AvgIpc) is 3.08. The maximum Gasteiger partial charge on any atom is 0.318 e. The van der Waals surface area contributed by atoms with Crippen LogP contribution in [0.4, 0.5) is 4.79 Å². The summed E-state index contributed by atoms with van der Waals surface area (Å²) in [5.74, 6) is 0.805. The lowest BCUT2D eigenvalue weighted by Gasteiger charge is -2.28. The van der Waals surface area contributed by atoms with Crippen molar-refractivity contribution in [2.45, 2.75) is 64.0 Å². The van der Waals surface area contributed by atoms with Gasteiger partial charge in [0.1, 0.15) is 11.5 Å². The van der Waals surface area contributed by atoms with Gasteiger partial charge in [-0.25, -0.2) is 4.79 Å². The molecule has 2 heterocycles. The van der Waals surface area contributed by atoms with Gasteiger partial charge >= 0.3 is 6.03 Å². The maximum atomic E-state index is 12.5. The number of carbonyl (C=O) groups excluding carboxylic acids is 1. The first kappa shape index (κ1) is 13.5. The summed E-state index contributed by atoms with van der Waals surface area (Å²) in [7, 11) is 0. The molecule has 1 aliphatic heterocycles. The van der Waals surface area contributed by atoms with Gasteiger partial charge in [-0.3, -0.25) is 0 Å². The number of hydrogen-bond acceptors (Lipinski definition) is 3. The molecule has 20 heavy (non-hydrogen) atoms. The van der Waals surface area contributed by atoms with Crippen LogP contribution in [0.2, 0.25) is 0 Å². The predicted octanol–water partition coefficient (Wildman–Crippen LogP) is 3.16. The van der Waals surface area contributed by atoms with Gasteiger partial charge < -0.3 is 14.7 Å². The monoisotopic (exact) mass is 277 g/mol. The SMILES string of the molecule is Cc1cc(C2CCCN2C(=O)NC2CCCCC2)no1. The topological polar surface area (TPSA) is 58.4 Å². The van der Waals surface area contributed by atoms with Gasteiger partial charge in [-0.15, -0.1) is 0 Å². The molecular formula is C15H23N3O2. The van der Waals surface area contributed by atoms with Crippen LogP contribution in [-0.2, 0) is 0 Å². The molecule has 110 valence electrons. The van der Waals surface area contributed by atoms with Crippen molar-refractivity contribution < 1.29 is 9.32 Å². The van der Waals surface area contributed by atoms with Crippen molar-refractivity contribution in [1.82, 2.24) is 15.4 Å². The summed E-state index contributed by atoms with van der Waals surface area (Å²) < 4.78 is 5.15. The lowest BCUT2D eigenvalue weighted by atomic mass is 9.96. The maximum absolute atomic E-state index is 12.5. The summed E-state index contributed by atoms with van der Waals surface area (Å²) in [5.41, 5.74) is 0.888. The van der Waals surface area contributed by atoms with Crippen LogP contribution in [0, 0.1) is 6.92 Å². The molecule has 0 radical (unpaired) electrons. The molecule has 1 aromatic heterocycles. The van der Waals surface area contributed by atoms with Gasteiger partial charge in [0, 0.05) is 18.7 Å². The number of nitrogens with one attached hydrogen (secondary N) is 1. The standard InChI is InChI=1S/C15H23N3O2/c1-11-10-13(17-20-11)14-8-5-9-18(14)15(19)16-12-6-3-2-4-7-12/h10,12,14H,2-9H2,1H3,(H,16,19). The molecule has 1 aromatic rings. The van der Waals surface area contributed by atoms with Gasteiger partial charge in [0.05, 0.1) is 6.04 Å². The first-order chi connectivity index (χ1) is 9.74. The highest BCUT2D eigenvalue weighted by Crippen LogP contribution is 2.31. The molecule has 2 amide bonds. The van der Waals surface area contributed by atoms with Crippen LogP contribution in [0.1, 0.15) is 62.4 Å². The van der Waals surface area contributed by atoms with E-state index in [1.165, 1.54) is 19.3 Å². The van der Waals surface area contributed by atoms with Crippen LogP contribution in [0.5, 0.6) is 0 Å². The van der Waals surface area contributed by atoms with E-state index in [0.717, 1.165) is 43.7 Å². The molecule has 1 unspecified atom stereocenters. The van der Waals surface area contributed by atoms with Gasteiger partial charge in [0.25, 0.3) is 0 Å². The number of carbonyl (C=O) groups is 1. The van der Waals surface area contributed by atoms with E-state index in [2.05, 4.69) is 10.5 Å². The molecule has 0 spiro atoms. The summed E-state index contributed by atoms with van der Waals surface area (Å²) in [6.07, 6.45) is 8.02. The quantitative estimate of drug-likeness (QED) is 0.903. The Morgan fingerprint density at radius 2 is 2.10 bits per heavy atom. The Hall–Kier alpha value is -1.52. The van der Waals surface area contributed by atoms with Crippen LogP contribution < -0.4 is 5.32 Å². The van der Waals surface area contributed by atoms with Gasteiger partial charge in [-0.05, 0) is 32.6 Å². The van der Waals surface area contributed by atoms with Crippen LogP contribution in [0.3, 0.4) is 0 Å². The Kier molecular flexibility index (Phi) is 3.94. The zero-order valence-corrected chi connectivity index (χ0v) is 12.1. The predicted molar refractivity (Wildman–Crippen MR) is 75.3 cm³/mol. The van der Waals surface area contributed by atoms with Crippen LogP contribution in [0.15, 0.2) is 10.6 Å². The summed E-state index contributed by atoms with van der Waals surface area (Å²) >= 11 is 0. The fraction of sp³-hybridized carbons (Fsp3) is 0.733. The fourth-order valence-corrected chi connectivity index (χ4v) is 3.36. The molecule has 1 atom stereocenters. The highest BCUT2D eigenvalue weighted by molar-refractivity contribution is 5.75. The van der Waals surface area contributed by atoms with E-state index in [-0.39, 0.29) is 12.1 Å². The van der Waals surface area contributed by atoms with Crippen LogP contribution >= 0.6 is 0 Å². The Bertz CT molecular complexity index is 465. The second-order valence-corrected chi connectivity index (χ2v) is 6.00. The Labute approximate surface area is 119 Å². The molecule has 3 rings (SSSR count). The summed E-state index contributed by atoms with van der Waals surface area (Å²) in [6, 6.07) is 2.45. The molecular weight excluding hydrogens is 254 g/mol. The highest BCUT2D eigenvalue weighted by Gasteiger charge is 2.33. The first-order valence-corrected chi connectivity index (χ1v) is 7.74. The molecule has 1 aliphatic carbocycles. The van der Waals surface area contributed by atoms with Crippen molar-refractivity contribution in [2.75, 3.05) is 6.54 Å². The average molecular weight is 277 g/mol. The molecule has 2 aliphatic rings. The largest absolute Gasteiger partial charge is 0.361 e. The normalized spacial score (nSPS) is 24.1. The third-order valence-corrected chi connectivity index (χ3v) is 4.43. The molecule has 5 heteroatoms. The van der Waals surface area contributed by atoms with Crippen molar-refractivity contribution in [3.8, 4) is 0 Å². The van der Waals surface area contributed by atoms with Crippen molar-refractivity contribution in [3.05, 3.63) is 17.5 Å². The minimum atomic E-state index is 0.0695. The van der Waals surface area contributed by atoms with E-state index in [0.29, 0.717) is 6.04 Å². The highest BCUT2D eigenvalue weighted by atomic mass is 16.5. The molecule has 1 N–H and O–H groups in total. The van der Waals surface area contributed by atoms with Crippen LogP contribution in [0.25, 0.3) is 0 Å². The number of likely N-dealkylation sites (tertiary alicyclic amines) is 1.